The molecule has 2 saturated heterocycles. The highest BCUT2D eigenvalue weighted by Gasteiger charge is 2.43. The third-order valence-corrected chi connectivity index (χ3v) is 6.80. The van der Waals surface area contributed by atoms with Crippen LogP contribution in [0.3, 0.4) is 0 Å². The van der Waals surface area contributed by atoms with Gasteiger partial charge in [0.2, 0.25) is 5.91 Å². The Hall–Kier alpha value is -2.30. The van der Waals surface area contributed by atoms with Crippen LogP contribution in [-0.2, 0) is 4.79 Å². The molecule has 5 nitrogen and oxygen atoms in total. The highest BCUT2D eigenvalue weighted by Crippen LogP contribution is 2.41. The summed E-state index contributed by atoms with van der Waals surface area (Å²) in [6.45, 7) is 3.93. The molecule has 1 unspecified atom stereocenters. The minimum Gasteiger partial charge on any atom is -0.494 e. The molecule has 2 aromatic rings. The quantitative estimate of drug-likeness (QED) is 0.809. The van der Waals surface area contributed by atoms with Crippen LogP contribution in [0, 0.1) is 11.3 Å². The number of likely N-dealkylation sites (tertiary alicyclic amines) is 1. The number of para-hydroxylation sites is 1. The van der Waals surface area contributed by atoms with Gasteiger partial charge in [-0.25, -0.2) is 4.98 Å². The maximum Gasteiger partial charge on any atom is 0.222 e. The summed E-state index contributed by atoms with van der Waals surface area (Å²) in [5.74, 6) is 2.98. The molecule has 3 fully saturated rings. The molecule has 1 aromatic heterocycles. The smallest absolute Gasteiger partial charge is 0.222 e. The summed E-state index contributed by atoms with van der Waals surface area (Å²) in [7, 11) is 1.70. The fraction of sp³-hybridized carbons (Fsp3) is 0.565. The van der Waals surface area contributed by atoms with Gasteiger partial charge >= 0.3 is 0 Å². The van der Waals surface area contributed by atoms with Gasteiger partial charge in [-0.05, 0) is 56.2 Å². The van der Waals surface area contributed by atoms with Gasteiger partial charge in [0.05, 0.1) is 7.11 Å². The van der Waals surface area contributed by atoms with E-state index in [0.29, 0.717) is 12.3 Å². The number of rotatable bonds is 4. The van der Waals surface area contributed by atoms with Gasteiger partial charge < -0.3 is 14.5 Å². The van der Waals surface area contributed by atoms with E-state index in [1.807, 2.05) is 12.1 Å². The summed E-state index contributed by atoms with van der Waals surface area (Å²) in [6.07, 6.45) is 6.70. The number of pyridine rings is 1. The number of amides is 1. The summed E-state index contributed by atoms with van der Waals surface area (Å²) in [4.78, 5) is 22.0. The van der Waals surface area contributed by atoms with Crippen LogP contribution in [-0.4, -0.2) is 49.1 Å². The van der Waals surface area contributed by atoms with Crippen molar-refractivity contribution in [3.05, 3.63) is 30.3 Å². The van der Waals surface area contributed by atoms with Gasteiger partial charge in [-0.3, -0.25) is 4.79 Å². The number of carbonyl (C=O) groups excluding carboxylic acids is 1. The summed E-state index contributed by atoms with van der Waals surface area (Å²) in [5, 5.41) is 1.11. The lowest BCUT2D eigenvalue weighted by Gasteiger charge is -2.48. The molecule has 0 bridgehead atoms. The lowest BCUT2D eigenvalue weighted by atomic mass is 9.73. The van der Waals surface area contributed by atoms with E-state index in [4.69, 9.17) is 9.72 Å². The molecule has 5 rings (SSSR count). The standard InChI is InChI=1S/C23H29N3O2/c1-28-19-5-2-4-18-8-9-20(24-22(18)19)25-13-3-11-23(15-25)12-10-21(27)26(16-23)14-17-6-7-17/h2,4-5,8-9,17H,3,6-7,10-16H2,1H3. The normalized spacial score (nSPS) is 25.5. The predicted octanol–water partition coefficient (Wildman–Crippen LogP) is 3.86. The van der Waals surface area contributed by atoms with E-state index in [-0.39, 0.29) is 5.41 Å². The van der Waals surface area contributed by atoms with Gasteiger partial charge in [-0.2, -0.15) is 0 Å². The predicted molar refractivity (Wildman–Crippen MR) is 111 cm³/mol. The lowest BCUT2D eigenvalue weighted by Crippen LogP contribution is -2.54. The van der Waals surface area contributed by atoms with Crippen molar-refractivity contribution >= 4 is 22.6 Å². The molecule has 1 saturated carbocycles. The van der Waals surface area contributed by atoms with E-state index in [2.05, 4.69) is 28.0 Å². The largest absolute Gasteiger partial charge is 0.494 e. The van der Waals surface area contributed by atoms with E-state index in [1.165, 1.54) is 19.3 Å². The zero-order valence-electron chi connectivity index (χ0n) is 16.7. The number of fused-ring (bicyclic) bond motifs is 1. The Morgan fingerprint density at radius 2 is 2.07 bits per heavy atom. The monoisotopic (exact) mass is 379 g/mol. The number of anilines is 1. The van der Waals surface area contributed by atoms with Crippen molar-refractivity contribution in [1.82, 2.24) is 9.88 Å². The lowest BCUT2D eigenvalue weighted by molar-refractivity contribution is -0.138. The van der Waals surface area contributed by atoms with E-state index in [1.54, 1.807) is 7.11 Å². The van der Waals surface area contributed by atoms with E-state index >= 15 is 0 Å². The highest BCUT2D eigenvalue weighted by atomic mass is 16.5. The third kappa shape index (κ3) is 3.31. The zero-order chi connectivity index (χ0) is 19.1. The Bertz CT molecular complexity index is 895. The molecule has 0 N–H and O–H groups in total. The van der Waals surface area contributed by atoms with Crippen molar-refractivity contribution in [3.63, 3.8) is 0 Å². The van der Waals surface area contributed by atoms with E-state index in [0.717, 1.165) is 67.4 Å². The highest BCUT2D eigenvalue weighted by molar-refractivity contribution is 5.86. The average Bonchev–Trinajstić information content (AvgIpc) is 3.54. The van der Waals surface area contributed by atoms with Crippen LogP contribution < -0.4 is 9.64 Å². The van der Waals surface area contributed by atoms with Crippen LogP contribution in [0.4, 0.5) is 5.82 Å². The van der Waals surface area contributed by atoms with Crippen molar-refractivity contribution in [2.45, 2.75) is 38.5 Å². The van der Waals surface area contributed by atoms with Gasteiger partial charge in [0.1, 0.15) is 17.1 Å². The molecule has 3 heterocycles. The van der Waals surface area contributed by atoms with Crippen LogP contribution in [0.1, 0.15) is 38.5 Å². The van der Waals surface area contributed by atoms with Crippen molar-refractivity contribution in [2.75, 3.05) is 38.2 Å². The van der Waals surface area contributed by atoms with Gasteiger partial charge in [0, 0.05) is 43.4 Å². The average molecular weight is 380 g/mol. The SMILES string of the molecule is COc1cccc2ccc(N3CCCC4(CCC(=O)N(CC5CC5)C4)C3)nc12. The second-order valence-electron chi connectivity index (χ2n) is 8.94. The number of hydrogen-bond donors (Lipinski definition) is 0. The Balaban J connectivity index is 1.39. The molecule has 2 aliphatic heterocycles. The first-order valence-electron chi connectivity index (χ1n) is 10.6. The first-order valence-corrected chi connectivity index (χ1v) is 10.6. The van der Waals surface area contributed by atoms with Crippen LogP contribution in [0.2, 0.25) is 0 Å². The molecular weight excluding hydrogens is 350 g/mol. The number of methoxy groups -OCH3 is 1. The molecule has 0 radical (unpaired) electrons. The van der Waals surface area contributed by atoms with Gasteiger partial charge in [0.15, 0.2) is 0 Å². The minimum atomic E-state index is 0.221. The fourth-order valence-electron chi connectivity index (χ4n) is 5.07. The fourth-order valence-corrected chi connectivity index (χ4v) is 5.07. The zero-order valence-corrected chi connectivity index (χ0v) is 16.7. The number of hydrogen-bond acceptors (Lipinski definition) is 4. The molecular formula is C23H29N3O2. The van der Waals surface area contributed by atoms with Crippen molar-refractivity contribution < 1.29 is 9.53 Å². The summed E-state index contributed by atoms with van der Waals surface area (Å²) < 4.78 is 5.52. The number of aromatic nitrogens is 1. The van der Waals surface area contributed by atoms with Crippen LogP contribution >= 0.6 is 0 Å². The number of benzene rings is 1. The van der Waals surface area contributed by atoms with Crippen molar-refractivity contribution in [3.8, 4) is 5.75 Å². The van der Waals surface area contributed by atoms with Gasteiger partial charge in [-0.15, -0.1) is 0 Å². The molecule has 1 atom stereocenters. The van der Waals surface area contributed by atoms with Crippen molar-refractivity contribution in [2.24, 2.45) is 11.3 Å². The summed E-state index contributed by atoms with van der Waals surface area (Å²) in [6, 6.07) is 10.3. The van der Waals surface area contributed by atoms with Crippen LogP contribution in [0.5, 0.6) is 5.75 Å². The first-order chi connectivity index (χ1) is 13.7. The Morgan fingerprint density at radius 3 is 2.89 bits per heavy atom. The number of nitrogens with zero attached hydrogens (tertiary/aromatic N) is 3. The molecule has 1 aliphatic carbocycles. The second-order valence-corrected chi connectivity index (χ2v) is 8.94. The second kappa shape index (κ2) is 6.94. The van der Waals surface area contributed by atoms with E-state index < -0.39 is 0 Å². The molecule has 3 aliphatic rings. The molecule has 1 aromatic carbocycles. The number of carbonyl (C=O) groups is 1. The topological polar surface area (TPSA) is 45.7 Å². The molecule has 148 valence electrons. The Morgan fingerprint density at radius 1 is 1.18 bits per heavy atom. The first kappa shape index (κ1) is 17.8. The van der Waals surface area contributed by atoms with Gasteiger partial charge in [0.25, 0.3) is 0 Å². The van der Waals surface area contributed by atoms with Crippen LogP contribution in [0.15, 0.2) is 30.3 Å². The maximum absolute atomic E-state index is 12.4. The third-order valence-electron chi connectivity index (χ3n) is 6.80. The van der Waals surface area contributed by atoms with Gasteiger partial charge in [-0.1, -0.05) is 12.1 Å². The summed E-state index contributed by atoms with van der Waals surface area (Å²) in [5.41, 5.74) is 1.15. The Labute approximate surface area is 166 Å². The number of ether oxygens (including phenoxy) is 1. The minimum absolute atomic E-state index is 0.221. The summed E-state index contributed by atoms with van der Waals surface area (Å²) >= 11 is 0. The molecule has 1 spiro atoms. The number of piperidine rings is 2. The molecule has 1 amide bonds. The molecule has 5 heteroatoms. The molecule has 28 heavy (non-hydrogen) atoms. The van der Waals surface area contributed by atoms with Crippen LogP contribution in [0.25, 0.3) is 10.9 Å². The van der Waals surface area contributed by atoms with Crippen molar-refractivity contribution in [1.29, 1.82) is 0 Å². The maximum atomic E-state index is 12.4. The van der Waals surface area contributed by atoms with E-state index in [9.17, 15) is 4.79 Å². The Kier molecular flexibility index (Phi) is 4.41.